The second-order valence-corrected chi connectivity index (χ2v) is 8.67. The van der Waals surface area contributed by atoms with Crippen LogP contribution in [-0.4, -0.2) is 18.0 Å². The third kappa shape index (κ3) is 3.52. The maximum Gasteiger partial charge on any atom is 0.221 e. The lowest BCUT2D eigenvalue weighted by atomic mass is 9.89. The molecule has 2 aromatic rings. The monoisotopic (exact) mass is 346 g/mol. The van der Waals surface area contributed by atoms with Gasteiger partial charge in [0.1, 0.15) is 0 Å². The maximum absolute atomic E-state index is 12.6. The van der Waals surface area contributed by atoms with Gasteiger partial charge in [0, 0.05) is 28.3 Å². The van der Waals surface area contributed by atoms with Crippen molar-refractivity contribution in [1.82, 2.24) is 10.6 Å². The lowest BCUT2D eigenvalue weighted by Crippen LogP contribution is -2.40. The Bertz CT molecular complexity index is 592. The molecule has 2 atom stereocenters. The summed E-state index contributed by atoms with van der Waals surface area (Å²) in [5.74, 6) is 0.740. The number of carbonyl (C=O) groups is 1. The third-order valence-corrected chi connectivity index (χ3v) is 6.88. The highest BCUT2D eigenvalue weighted by atomic mass is 32.1. The van der Waals surface area contributed by atoms with E-state index in [1.165, 1.54) is 22.6 Å². The van der Waals surface area contributed by atoms with Crippen LogP contribution in [0.4, 0.5) is 0 Å². The Morgan fingerprint density at radius 2 is 1.74 bits per heavy atom. The van der Waals surface area contributed by atoms with Crippen LogP contribution in [0.5, 0.6) is 0 Å². The standard InChI is InChI=1S/C18H22N2OS2/c21-17(11-12-9-13-5-6-14(10-12)19-13)20-18(15-3-1-7-22-15)16-4-2-8-23-16/h1-4,7-8,12-14,18-19H,5-6,9-11H2,(H,20,21). The first-order chi connectivity index (χ1) is 11.3. The van der Waals surface area contributed by atoms with E-state index in [2.05, 4.69) is 45.7 Å². The number of fused-ring (bicyclic) bond motifs is 2. The van der Waals surface area contributed by atoms with E-state index in [-0.39, 0.29) is 11.9 Å². The second-order valence-electron chi connectivity index (χ2n) is 6.71. The second kappa shape index (κ2) is 6.75. The molecular formula is C18H22N2OS2. The van der Waals surface area contributed by atoms with Crippen LogP contribution in [0.25, 0.3) is 0 Å². The Labute approximate surface area is 145 Å². The van der Waals surface area contributed by atoms with E-state index in [1.807, 2.05) is 0 Å². The first-order valence-corrected chi connectivity index (χ1v) is 10.2. The highest BCUT2D eigenvalue weighted by Gasteiger charge is 2.34. The fourth-order valence-electron chi connectivity index (χ4n) is 4.02. The Morgan fingerprint density at radius 3 is 2.26 bits per heavy atom. The summed E-state index contributed by atoms with van der Waals surface area (Å²) in [6.45, 7) is 0. The zero-order valence-electron chi connectivity index (χ0n) is 13.0. The minimum Gasteiger partial charge on any atom is -0.344 e. The summed E-state index contributed by atoms with van der Waals surface area (Å²) in [5, 5.41) is 11.1. The molecule has 2 unspecified atom stereocenters. The average Bonchev–Trinajstić information content (AvgIpc) is 3.27. The molecule has 3 nitrogen and oxygen atoms in total. The largest absolute Gasteiger partial charge is 0.344 e. The molecule has 2 aliphatic rings. The van der Waals surface area contributed by atoms with Crippen LogP contribution in [0.15, 0.2) is 35.0 Å². The predicted molar refractivity (Wildman–Crippen MR) is 95.9 cm³/mol. The van der Waals surface area contributed by atoms with Crippen molar-refractivity contribution in [2.24, 2.45) is 5.92 Å². The smallest absolute Gasteiger partial charge is 0.221 e. The molecule has 4 rings (SSSR count). The molecule has 2 aromatic heterocycles. The van der Waals surface area contributed by atoms with Gasteiger partial charge in [-0.05, 0) is 54.5 Å². The van der Waals surface area contributed by atoms with Gasteiger partial charge in [0.05, 0.1) is 6.04 Å². The molecule has 0 spiro atoms. The van der Waals surface area contributed by atoms with Gasteiger partial charge in [-0.25, -0.2) is 0 Å². The fraction of sp³-hybridized carbons (Fsp3) is 0.500. The molecule has 4 heterocycles. The van der Waals surface area contributed by atoms with Crippen molar-refractivity contribution in [1.29, 1.82) is 0 Å². The first kappa shape index (κ1) is 15.4. The van der Waals surface area contributed by atoms with Crippen LogP contribution in [-0.2, 0) is 4.79 Å². The van der Waals surface area contributed by atoms with E-state index in [0.717, 1.165) is 12.8 Å². The van der Waals surface area contributed by atoms with Crippen LogP contribution >= 0.6 is 22.7 Å². The van der Waals surface area contributed by atoms with Gasteiger partial charge in [0.25, 0.3) is 0 Å². The summed E-state index contributed by atoms with van der Waals surface area (Å²) in [4.78, 5) is 15.1. The van der Waals surface area contributed by atoms with Gasteiger partial charge in [-0.15, -0.1) is 22.7 Å². The van der Waals surface area contributed by atoms with Crippen LogP contribution in [0, 0.1) is 5.92 Å². The van der Waals surface area contributed by atoms with Crippen LogP contribution in [0.1, 0.15) is 47.9 Å². The van der Waals surface area contributed by atoms with E-state index in [0.29, 0.717) is 24.4 Å². The van der Waals surface area contributed by atoms with Crippen LogP contribution in [0.3, 0.4) is 0 Å². The number of thiophene rings is 2. The number of carbonyl (C=O) groups excluding carboxylic acids is 1. The normalized spacial score (nSPS) is 26.6. The number of rotatable bonds is 5. The van der Waals surface area contributed by atoms with Crippen molar-refractivity contribution in [3.63, 3.8) is 0 Å². The number of amides is 1. The first-order valence-electron chi connectivity index (χ1n) is 8.40. The number of hydrogen-bond donors (Lipinski definition) is 2. The summed E-state index contributed by atoms with van der Waals surface area (Å²) in [6.07, 6.45) is 5.56. The fourth-order valence-corrected chi connectivity index (χ4v) is 5.68. The summed E-state index contributed by atoms with van der Waals surface area (Å²) in [5.41, 5.74) is 0. The van der Waals surface area contributed by atoms with Crippen molar-refractivity contribution < 1.29 is 4.79 Å². The van der Waals surface area contributed by atoms with E-state index in [4.69, 9.17) is 0 Å². The molecule has 1 amide bonds. The van der Waals surface area contributed by atoms with Gasteiger partial charge >= 0.3 is 0 Å². The SMILES string of the molecule is O=C(CC1CC2CCC(C1)N2)NC(c1cccs1)c1cccs1. The Morgan fingerprint density at radius 1 is 1.13 bits per heavy atom. The summed E-state index contributed by atoms with van der Waals surface area (Å²) in [6, 6.07) is 9.64. The molecule has 2 fully saturated rings. The molecule has 0 aliphatic carbocycles. The summed E-state index contributed by atoms with van der Waals surface area (Å²) >= 11 is 3.42. The molecule has 0 aromatic carbocycles. The van der Waals surface area contributed by atoms with Crippen molar-refractivity contribution in [3.8, 4) is 0 Å². The van der Waals surface area contributed by atoms with E-state index < -0.39 is 0 Å². The maximum atomic E-state index is 12.6. The van der Waals surface area contributed by atoms with Gasteiger partial charge in [-0.3, -0.25) is 4.79 Å². The van der Waals surface area contributed by atoms with Gasteiger partial charge in [-0.1, -0.05) is 12.1 Å². The van der Waals surface area contributed by atoms with Crippen molar-refractivity contribution in [2.45, 2.75) is 50.2 Å². The zero-order valence-corrected chi connectivity index (χ0v) is 14.7. The minimum atomic E-state index is 0.0148. The van der Waals surface area contributed by atoms with Crippen molar-refractivity contribution in [2.75, 3.05) is 0 Å². The van der Waals surface area contributed by atoms with Crippen molar-refractivity contribution in [3.05, 3.63) is 44.8 Å². The van der Waals surface area contributed by atoms with Gasteiger partial charge < -0.3 is 10.6 Å². The van der Waals surface area contributed by atoms with Crippen LogP contribution in [0.2, 0.25) is 0 Å². The predicted octanol–water partition coefficient (Wildman–Crippen LogP) is 3.94. The Kier molecular flexibility index (Phi) is 4.51. The molecule has 23 heavy (non-hydrogen) atoms. The number of piperidine rings is 1. The lowest BCUT2D eigenvalue weighted by Gasteiger charge is -2.29. The van der Waals surface area contributed by atoms with Gasteiger partial charge in [-0.2, -0.15) is 0 Å². The number of nitrogens with one attached hydrogen (secondary N) is 2. The lowest BCUT2D eigenvalue weighted by molar-refractivity contribution is -0.122. The molecule has 2 bridgehead atoms. The van der Waals surface area contributed by atoms with Gasteiger partial charge in [0.2, 0.25) is 5.91 Å². The zero-order chi connectivity index (χ0) is 15.6. The summed E-state index contributed by atoms with van der Waals surface area (Å²) < 4.78 is 0. The highest BCUT2D eigenvalue weighted by Crippen LogP contribution is 2.33. The molecule has 2 aliphatic heterocycles. The third-order valence-electron chi connectivity index (χ3n) is 5.01. The van der Waals surface area contributed by atoms with Crippen LogP contribution < -0.4 is 10.6 Å². The quantitative estimate of drug-likeness (QED) is 0.861. The van der Waals surface area contributed by atoms with Gasteiger partial charge in [0.15, 0.2) is 0 Å². The molecule has 2 N–H and O–H groups in total. The average molecular weight is 347 g/mol. The molecule has 2 saturated heterocycles. The summed E-state index contributed by atoms with van der Waals surface area (Å²) in [7, 11) is 0. The van der Waals surface area contributed by atoms with E-state index in [9.17, 15) is 4.79 Å². The molecule has 122 valence electrons. The highest BCUT2D eigenvalue weighted by molar-refractivity contribution is 7.11. The van der Waals surface area contributed by atoms with Crippen molar-refractivity contribution >= 4 is 28.6 Å². The Hall–Kier alpha value is -1.17. The van der Waals surface area contributed by atoms with E-state index in [1.54, 1.807) is 22.7 Å². The minimum absolute atomic E-state index is 0.0148. The Balaban J connectivity index is 1.41. The number of hydrogen-bond acceptors (Lipinski definition) is 4. The molecule has 5 heteroatoms. The topological polar surface area (TPSA) is 41.1 Å². The van der Waals surface area contributed by atoms with E-state index >= 15 is 0 Å². The molecule has 0 radical (unpaired) electrons. The molecule has 0 saturated carbocycles. The molecular weight excluding hydrogens is 324 g/mol.